The number of benzene rings is 2. The van der Waals surface area contributed by atoms with Crippen LogP contribution in [0, 0.1) is 0 Å². The van der Waals surface area contributed by atoms with Crippen LogP contribution in [-0.4, -0.2) is 35.3 Å². The highest BCUT2D eigenvalue weighted by Crippen LogP contribution is 2.34. The van der Waals surface area contributed by atoms with Gasteiger partial charge in [0.15, 0.2) is 9.84 Å². The average molecular weight is 439 g/mol. The number of nitrogens with one attached hydrogen (secondary N) is 1. The highest BCUT2D eigenvalue weighted by atomic mass is 32.2. The molecule has 7 nitrogen and oxygen atoms in total. The van der Waals surface area contributed by atoms with Gasteiger partial charge in [0.1, 0.15) is 5.82 Å². The molecule has 0 atom stereocenters. The van der Waals surface area contributed by atoms with Crippen molar-refractivity contribution in [2.75, 3.05) is 11.6 Å². The van der Waals surface area contributed by atoms with Gasteiger partial charge in [-0.2, -0.15) is 9.78 Å². The Balaban J connectivity index is 1.52. The Kier molecular flexibility index (Phi) is 4.44. The fourth-order valence-corrected chi connectivity index (χ4v) is 5.20. The zero-order valence-corrected chi connectivity index (χ0v) is 17.8. The van der Waals surface area contributed by atoms with Gasteiger partial charge in [0, 0.05) is 17.4 Å². The Morgan fingerprint density at radius 2 is 1.87 bits per heavy atom. The second-order valence-corrected chi connectivity index (χ2v) is 10.3. The van der Waals surface area contributed by atoms with E-state index in [1.807, 2.05) is 24.3 Å². The fraction of sp³-hybridized carbons (Fsp3) is 0.190. The second kappa shape index (κ2) is 7.03. The summed E-state index contributed by atoms with van der Waals surface area (Å²) in [6, 6.07) is 13.8. The standard InChI is InChI=1S/C21H18N4O3S2/c1-30(27,28)14-11-9-13(10-12-14)20(26)23-19-15-5-4-7-16(15)24-25(19)21-22-17-6-2-3-8-18(17)29-21/h2-3,6,8-12H,4-5,7H2,1H3,(H,23,26). The van der Waals surface area contributed by atoms with Crippen LogP contribution in [0.3, 0.4) is 0 Å². The zero-order valence-electron chi connectivity index (χ0n) is 16.1. The SMILES string of the molecule is CS(=O)(=O)c1ccc(C(=O)Nc2c3c(nn2-c2nc4ccccc4s2)CCC3)cc1. The summed E-state index contributed by atoms with van der Waals surface area (Å²) >= 11 is 1.52. The van der Waals surface area contributed by atoms with Crippen molar-refractivity contribution < 1.29 is 13.2 Å². The molecule has 0 unspecified atom stereocenters. The summed E-state index contributed by atoms with van der Waals surface area (Å²) in [7, 11) is -3.31. The van der Waals surface area contributed by atoms with Crippen LogP contribution in [0.15, 0.2) is 53.4 Å². The van der Waals surface area contributed by atoms with E-state index in [4.69, 9.17) is 5.10 Å². The first-order valence-electron chi connectivity index (χ1n) is 9.48. The predicted molar refractivity (Wildman–Crippen MR) is 116 cm³/mol. The molecule has 0 fully saturated rings. The summed E-state index contributed by atoms with van der Waals surface area (Å²) in [5.41, 5.74) is 3.29. The van der Waals surface area contributed by atoms with Crippen molar-refractivity contribution in [3.05, 3.63) is 65.4 Å². The number of aryl methyl sites for hydroxylation is 1. The first-order valence-corrected chi connectivity index (χ1v) is 12.2. The minimum atomic E-state index is -3.31. The van der Waals surface area contributed by atoms with Gasteiger partial charge in [-0.3, -0.25) is 4.79 Å². The van der Waals surface area contributed by atoms with Crippen LogP contribution < -0.4 is 5.32 Å². The van der Waals surface area contributed by atoms with Crippen LogP contribution in [0.5, 0.6) is 0 Å². The van der Waals surface area contributed by atoms with Crippen molar-refractivity contribution in [1.29, 1.82) is 0 Å². The predicted octanol–water partition coefficient (Wildman–Crippen LogP) is 3.63. The van der Waals surface area contributed by atoms with Gasteiger partial charge >= 0.3 is 0 Å². The first-order chi connectivity index (χ1) is 14.4. The number of hydrogen-bond acceptors (Lipinski definition) is 6. The normalized spacial score (nSPS) is 13.5. The van der Waals surface area contributed by atoms with Crippen LogP contribution >= 0.6 is 11.3 Å². The zero-order chi connectivity index (χ0) is 20.9. The summed E-state index contributed by atoms with van der Waals surface area (Å²) in [5, 5.41) is 8.41. The van der Waals surface area contributed by atoms with Crippen LogP contribution in [-0.2, 0) is 22.7 Å². The maximum absolute atomic E-state index is 12.9. The van der Waals surface area contributed by atoms with Crippen LogP contribution in [0.1, 0.15) is 28.0 Å². The van der Waals surface area contributed by atoms with E-state index < -0.39 is 9.84 Å². The average Bonchev–Trinajstić information content (AvgIpc) is 3.42. The molecule has 0 saturated heterocycles. The fourth-order valence-electron chi connectivity index (χ4n) is 3.64. The van der Waals surface area contributed by atoms with Gasteiger partial charge in [-0.05, 0) is 55.7 Å². The maximum atomic E-state index is 12.9. The summed E-state index contributed by atoms with van der Waals surface area (Å²) in [6.07, 6.45) is 3.87. The lowest BCUT2D eigenvalue weighted by Gasteiger charge is -2.09. The van der Waals surface area contributed by atoms with Crippen molar-refractivity contribution in [3.63, 3.8) is 0 Å². The molecule has 1 aliphatic rings. The number of aromatic nitrogens is 3. The summed E-state index contributed by atoms with van der Waals surface area (Å²) in [5.74, 6) is 0.325. The molecule has 0 spiro atoms. The number of hydrogen-bond donors (Lipinski definition) is 1. The van der Waals surface area contributed by atoms with E-state index in [0.717, 1.165) is 47.0 Å². The van der Waals surface area contributed by atoms with Gasteiger partial charge < -0.3 is 5.32 Å². The van der Waals surface area contributed by atoms with Gasteiger partial charge in [0.05, 0.1) is 20.8 Å². The van der Waals surface area contributed by atoms with Crippen LogP contribution in [0.4, 0.5) is 5.82 Å². The molecule has 2 heterocycles. The minimum absolute atomic E-state index is 0.180. The quantitative estimate of drug-likeness (QED) is 0.525. The molecule has 30 heavy (non-hydrogen) atoms. The molecule has 1 aliphatic carbocycles. The monoisotopic (exact) mass is 438 g/mol. The number of para-hydroxylation sites is 1. The van der Waals surface area contributed by atoms with Crippen LogP contribution in [0.25, 0.3) is 15.3 Å². The van der Waals surface area contributed by atoms with E-state index >= 15 is 0 Å². The highest BCUT2D eigenvalue weighted by molar-refractivity contribution is 7.90. The van der Waals surface area contributed by atoms with Gasteiger partial charge in [-0.15, -0.1) is 0 Å². The summed E-state index contributed by atoms with van der Waals surface area (Å²) in [4.78, 5) is 17.8. The van der Waals surface area contributed by atoms with E-state index in [9.17, 15) is 13.2 Å². The van der Waals surface area contributed by atoms with E-state index in [2.05, 4.69) is 10.3 Å². The van der Waals surface area contributed by atoms with E-state index in [1.165, 1.54) is 35.6 Å². The van der Waals surface area contributed by atoms with Gasteiger partial charge in [0.2, 0.25) is 5.13 Å². The number of carbonyl (C=O) groups excluding carboxylic acids is 1. The minimum Gasteiger partial charge on any atom is -0.306 e. The lowest BCUT2D eigenvalue weighted by Crippen LogP contribution is -2.16. The topological polar surface area (TPSA) is 94.0 Å². The molecule has 0 saturated carbocycles. The molecular weight excluding hydrogens is 420 g/mol. The van der Waals surface area contributed by atoms with E-state index in [1.54, 1.807) is 4.68 Å². The number of thiazole rings is 1. The Hall–Kier alpha value is -3.04. The number of rotatable bonds is 4. The third-order valence-corrected chi connectivity index (χ3v) is 7.29. The van der Waals surface area contributed by atoms with E-state index in [-0.39, 0.29) is 10.8 Å². The lowest BCUT2D eigenvalue weighted by molar-refractivity contribution is 0.102. The Morgan fingerprint density at radius 3 is 2.60 bits per heavy atom. The molecule has 152 valence electrons. The van der Waals surface area contributed by atoms with Gasteiger partial charge in [-0.25, -0.2) is 13.4 Å². The molecule has 4 aromatic rings. The first kappa shape index (κ1) is 19.0. The lowest BCUT2D eigenvalue weighted by atomic mass is 10.2. The highest BCUT2D eigenvalue weighted by Gasteiger charge is 2.26. The number of fused-ring (bicyclic) bond motifs is 2. The Labute approximate surface area is 177 Å². The number of sulfone groups is 1. The molecular formula is C21H18N4O3S2. The van der Waals surface area contributed by atoms with Crippen LogP contribution in [0.2, 0.25) is 0 Å². The summed E-state index contributed by atoms with van der Waals surface area (Å²) < 4.78 is 26.1. The number of nitrogens with zero attached hydrogens (tertiary/aromatic N) is 3. The maximum Gasteiger partial charge on any atom is 0.256 e. The summed E-state index contributed by atoms with van der Waals surface area (Å²) in [6.45, 7) is 0. The third kappa shape index (κ3) is 3.29. The smallest absolute Gasteiger partial charge is 0.256 e. The molecule has 0 bridgehead atoms. The molecule has 1 amide bonds. The van der Waals surface area contributed by atoms with Crippen molar-refractivity contribution in [2.24, 2.45) is 0 Å². The third-order valence-electron chi connectivity index (χ3n) is 5.15. The molecule has 9 heteroatoms. The number of anilines is 1. The number of carbonyl (C=O) groups is 1. The van der Waals surface area contributed by atoms with E-state index in [0.29, 0.717) is 16.5 Å². The largest absolute Gasteiger partial charge is 0.306 e. The molecule has 5 rings (SSSR count). The molecule has 2 aromatic carbocycles. The van der Waals surface area contributed by atoms with Gasteiger partial charge in [0.25, 0.3) is 5.91 Å². The van der Waals surface area contributed by atoms with Crippen molar-refractivity contribution in [3.8, 4) is 5.13 Å². The van der Waals surface area contributed by atoms with Crippen molar-refractivity contribution in [1.82, 2.24) is 14.8 Å². The number of amides is 1. The molecule has 0 aliphatic heterocycles. The van der Waals surface area contributed by atoms with Gasteiger partial charge in [-0.1, -0.05) is 23.5 Å². The molecule has 1 N–H and O–H groups in total. The Morgan fingerprint density at radius 1 is 1.10 bits per heavy atom. The van der Waals surface area contributed by atoms with Crippen molar-refractivity contribution in [2.45, 2.75) is 24.2 Å². The Bertz CT molecular complexity index is 1350. The molecule has 0 radical (unpaired) electrons. The second-order valence-electron chi connectivity index (χ2n) is 7.25. The molecule has 2 aromatic heterocycles. The van der Waals surface area contributed by atoms with Crippen molar-refractivity contribution >= 4 is 43.1 Å².